The summed E-state index contributed by atoms with van der Waals surface area (Å²) in [5, 5.41) is 0. The molecule has 0 bridgehead atoms. The van der Waals surface area contributed by atoms with Crippen LogP contribution in [0.2, 0.25) is 0 Å². The van der Waals surface area contributed by atoms with Gasteiger partial charge in [-0.25, -0.2) is 9.97 Å². The molecule has 0 spiro atoms. The number of aryl methyl sites for hydroxylation is 1. The molecule has 0 saturated carbocycles. The Balaban J connectivity index is 1.95. The lowest BCUT2D eigenvalue weighted by Gasteiger charge is -2.08. The SMILES string of the molecule is Cc1ccccc1-c1ccc(-c2ccnc(C(C)C)n2)cn1. The first-order valence-corrected chi connectivity index (χ1v) is 7.50. The lowest BCUT2D eigenvalue weighted by atomic mass is 10.0. The molecular formula is C19H19N3. The predicted molar refractivity (Wildman–Crippen MR) is 89.5 cm³/mol. The van der Waals surface area contributed by atoms with Gasteiger partial charge in [-0.05, 0) is 30.7 Å². The fraction of sp³-hybridized carbons (Fsp3) is 0.211. The molecule has 0 unspecified atom stereocenters. The highest BCUT2D eigenvalue weighted by molar-refractivity contribution is 5.66. The molecule has 22 heavy (non-hydrogen) atoms. The van der Waals surface area contributed by atoms with Crippen LogP contribution < -0.4 is 0 Å². The Kier molecular flexibility index (Phi) is 3.96. The average molecular weight is 289 g/mol. The van der Waals surface area contributed by atoms with Crippen LogP contribution in [-0.2, 0) is 0 Å². The van der Waals surface area contributed by atoms with E-state index in [1.165, 1.54) is 11.1 Å². The molecule has 3 aromatic rings. The summed E-state index contributed by atoms with van der Waals surface area (Å²) < 4.78 is 0. The minimum absolute atomic E-state index is 0.319. The van der Waals surface area contributed by atoms with Crippen LogP contribution in [0.1, 0.15) is 31.2 Å². The second-order valence-corrected chi connectivity index (χ2v) is 5.70. The van der Waals surface area contributed by atoms with Gasteiger partial charge in [-0.15, -0.1) is 0 Å². The van der Waals surface area contributed by atoms with Crippen LogP contribution in [0.15, 0.2) is 54.9 Å². The summed E-state index contributed by atoms with van der Waals surface area (Å²) in [6.07, 6.45) is 3.70. The summed E-state index contributed by atoms with van der Waals surface area (Å²) in [6, 6.07) is 14.3. The number of hydrogen-bond acceptors (Lipinski definition) is 3. The zero-order valence-corrected chi connectivity index (χ0v) is 13.1. The highest BCUT2D eigenvalue weighted by Gasteiger charge is 2.07. The predicted octanol–water partition coefficient (Wildman–Crippen LogP) is 4.64. The number of benzene rings is 1. The zero-order chi connectivity index (χ0) is 15.5. The van der Waals surface area contributed by atoms with Gasteiger partial charge in [0.1, 0.15) is 5.82 Å². The average Bonchev–Trinajstić information content (AvgIpc) is 2.56. The van der Waals surface area contributed by atoms with Gasteiger partial charge < -0.3 is 0 Å². The minimum Gasteiger partial charge on any atom is -0.256 e. The van der Waals surface area contributed by atoms with E-state index in [4.69, 9.17) is 0 Å². The normalized spacial score (nSPS) is 10.9. The van der Waals surface area contributed by atoms with Crippen LogP contribution in [0.25, 0.3) is 22.5 Å². The zero-order valence-electron chi connectivity index (χ0n) is 13.1. The summed E-state index contributed by atoms with van der Waals surface area (Å²) in [5.74, 6) is 1.18. The van der Waals surface area contributed by atoms with Crippen molar-refractivity contribution in [1.29, 1.82) is 0 Å². The summed E-state index contributed by atoms with van der Waals surface area (Å²) >= 11 is 0. The van der Waals surface area contributed by atoms with Gasteiger partial charge >= 0.3 is 0 Å². The van der Waals surface area contributed by atoms with Crippen molar-refractivity contribution in [1.82, 2.24) is 15.0 Å². The van der Waals surface area contributed by atoms with Crippen LogP contribution in [0.3, 0.4) is 0 Å². The molecule has 2 aromatic heterocycles. The summed E-state index contributed by atoms with van der Waals surface area (Å²) in [6.45, 7) is 6.29. The second kappa shape index (κ2) is 6.06. The third-order valence-electron chi connectivity index (χ3n) is 3.67. The molecule has 0 aliphatic rings. The van der Waals surface area contributed by atoms with Gasteiger partial charge in [0.05, 0.1) is 11.4 Å². The van der Waals surface area contributed by atoms with Gasteiger partial charge in [0.15, 0.2) is 0 Å². The topological polar surface area (TPSA) is 38.7 Å². The summed E-state index contributed by atoms with van der Waals surface area (Å²) in [5.41, 5.74) is 5.32. The largest absolute Gasteiger partial charge is 0.256 e. The number of pyridine rings is 1. The van der Waals surface area contributed by atoms with Crippen LogP contribution >= 0.6 is 0 Å². The smallest absolute Gasteiger partial charge is 0.131 e. The van der Waals surface area contributed by atoms with Gasteiger partial charge in [-0.2, -0.15) is 0 Å². The first-order valence-electron chi connectivity index (χ1n) is 7.50. The van der Waals surface area contributed by atoms with E-state index in [1.54, 1.807) is 0 Å². The van der Waals surface area contributed by atoms with E-state index >= 15 is 0 Å². The molecule has 0 N–H and O–H groups in total. The van der Waals surface area contributed by atoms with Gasteiger partial charge in [0, 0.05) is 29.4 Å². The van der Waals surface area contributed by atoms with E-state index < -0.39 is 0 Å². The van der Waals surface area contributed by atoms with Gasteiger partial charge in [-0.3, -0.25) is 4.98 Å². The second-order valence-electron chi connectivity index (χ2n) is 5.70. The molecule has 0 radical (unpaired) electrons. The Morgan fingerprint density at radius 2 is 1.68 bits per heavy atom. The highest BCUT2D eigenvalue weighted by Crippen LogP contribution is 2.24. The molecule has 0 saturated heterocycles. The van der Waals surface area contributed by atoms with Crippen molar-refractivity contribution in [2.45, 2.75) is 26.7 Å². The van der Waals surface area contributed by atoms with Gasteiger partial charge in [0.25, 0.3) is 0 Å². The lowest BCUT2D eigenvalue weighted by Crippen LogP contribution is -1.98. The third kappa shape index (κ3) is 2.89. The molecule has 0 fully saturated rings. The maximum Gasteiger partial charge on any atom is 0.131 e. The highest BCUT2D eigenvalue weighted by atomic mass is 14.9. The summed E-state index contributed by atoms with van der Waals surface area (Å²) in [7, 11) is 0. The maximum absolute atomic E-state index is 4.61. The van der Waals surface area contributed by atoms with E-state index in [0.717, 1.165) is 22.8 Å². The van der Waals surface area contributed by atoms with Crippen LogP contribution in [0.5, 0.6) is 0 Å². The molecule has 3 nitrogen and oxygen atoms in total. The lowest BCUT2D eigenvalue weighted by molar-refractivity contribution is 0.776. The quantitative estimate of drug-likeness (QED) is 0.705. The van der Waals surface area contributed by atoms with E-state index in [0.29, 0.717) is 5.92 Å². The Morgan fingerprint density at radius 3 is 2.36 bits per heavy atom. The van der Waals surface area contributed by atoms with Crippen molar-refractivity contribution in [2.24, 2.45) is 0 Å². The fourth-order valence-corrected chi connectivity index (χ4v) is 2.38. The Labute approximate surface area is 131 Å². The maximum atomic E-state index is 4.61. The third-order valence-corrected chi connectivity index (χ3v) is 3.67. The number of rotatable bonds is 3. The number of hydrogen-bond donors (Lipinski definition) is 0. The Hall–Kier alpha value is -2.55. The van der Waals surface area contributed by atoms with E-state index in [-0.39, 0.29) is 0 Å². The molecule has 0 aliphatic carbocycles. The number of aromatic nitrogens is 3. The molecule has 2 heterocycles. The summed E-state index contributed by atoms with van der Waals surface area (Å²) in [4.78, 5) is 13.5. The van der Waals surface area contributed by atoms with Crippen molar-refractivity contribution in [3.8, 4) is 22.5 Å². The molecule has 3 heteroatoms. The van der Waals surface area contributed by atoms with Gasteiger partial charge in [-0.1, -0.05) is 38.1 Å². The Bertz CT molecular complexity index is 777. The van der Waals surface area contributed by atoms with Crippen LogP contribution in [-0.4, -0.2) is 15.0 Å². The number of nitrogens with zero attached hydrogens (tertiary/aromatic N) is 3. The molecule has 0 amide bonds. The fourth-order valence-electron chi connectivity index (χ4n) is 2.38. The molecule has 1 aromatic carbocycles. The molecule has 0 aliphatic heterocycles. The molecular weight excluding hydrogens is 270 g/mol. The molecule has 110 valence electrons. The van der Waals surface area contributed by atoms with Crippen molar-refractivity contribution < 1.29 is 0 Å². The van der Waals surface area contributed by atoms with E-state index in [1.807, 2.05) is 30.6 Å². The van der Waals surface area contributed by atoms with Crippen molar-refractivity contribution in [2.75, 3.05) is 0 Å². The first kappa shape index (κ1) is 14.4. The first-order chi connectivity index (χ1) is 10.6. The minimum atomic E-state index is 0.319. The Morgan fingerprint density at radius 1 is 0.864 bits per heavy atom. The molecule has 3 rings (SSSR count). The van der Waals surface area contributed by atoms with Gasteiger partial charge in [0.2, 0.25) is 0 Å². The van der Waals surface area contributed by atoms with Crippen molar-refractivity contribution >= 4 is 0 Å². The van der Waals surface area contributed by atoms with E-state index in [2.05, 4.69) is 60.0 Å². The van der Waals surface area contributed by atoms with Crippen molar-refractivity contribution in [3.63, 3.8) is 0 Å². The van der Waals surface area contributed by atoms with Crippen LogP contribution in [0.4, 0.5) is 0 Å². The monoisotopic (exact) mass is 289 g/mol. The van der Waals surface area contributed by atoms with E-state index in [9.17, 15) is 0 Å². The van der Waals surface area contributed by atoms with Crippen LogP contribution in [0, 0.1) is 6.92 Å². The molecule has 0 atom stereocenters. The standard InChI is InChI=1S/C19H19N3/c1-13(2)19-20-11-10-17(22-19)15-8-9-18(21-12-15)16-7-5-4-6-14(16)3/h4-13H,1-3H3. The van der Waals surface area contributed by atoms with Crippen molar-refractivity contribution in [3.05, 3.63) is 66.2 Å².